The lowest BCUT2D eigenvalue weighted by atomic mass is 9.97. The molecule has 3 rings (SSSR count). The van der Waals surface area contributed by atoms with Gasteiger partial charge in [-0.2, -0.15) is 0 Å². The van der Waals surface area contributed by atoms with Crippen LogP contribution in [0, 0.1) is 0 Å². The maximum atomic E-state index is 11.4. The van der Waals surface area contributed by atoms with Gasteiger partial charge in [-0.3, -0.25) is 4.79 Å². The second-order valence-electron chi connectivity index (χ2n) is 6.06. The molecule has 4 nitrogen and oxygen atoms in total. The summed E-state index contributed by atoms with van der Waals surface area (Å²) in [4.78, 5) is 14.0. The van der Waals surface area contributed by atoms with Crippen LogP contribution >= 0.6 is 0 Å². The quantitative estimate of drug-likeness (QED) is 0.656. The Balaban J connectivity index is 1.66. The molecule has 0 saturated carbocycles. The first-order chi connectivity index (χ1) is 9.63. The molecular formula is C16H23N3O. The zero-order valence-electron chi connectivity index (χ0n) is 12.1. The number of nitrogens with one attached hydrogen (secondary N) is 1. The van der Waals surface area contributed by atoms with Crippen molar-refractivity contribution in [1.82, 2.24) is 4.90 Å². The molecule has 2 fully saturated rings. The third-order valence-corrected chi connectivity index (χ3v) is 4.62. The number of piperidine rings is 1. The zero-order valence-corrected chi connectivity index (χ0v) is 12.1. The lowest BCUT2D eigenvalue weighted by Crippen LogP contribution is -2.42. The standard InChI is InChI=1S/C16H23N3O/c1-11(20)15-5-4-12(10-16(15)17)18-13-6-8-19-7-2-3-14(19)9-13/h4-5,10,13-14,18H,2-3,6-9,17H2,1H3. The lowest BCUT2D eigenvalue weighted by Gasteiger charge is -2.35. The van der Waals surface area contributed by atoms with E-state index in [4.69, 9.17) is 5.73 Å². The van der Waals surface area contributed by atoms with Crippen LogP contribution < -0.4 is 11.1 Å². The Morgan fingerprint density at radius 2 is 2.20 bits per heavy atom. The van der Waals surface area contributed by atoms with E-state index >= 15 is 0 Å². The van der Waals surface area contributed by atoms with Crippen molar-refractivity contribution in [2.45, 2.75) is 44.7 Å². The van der Waals surface area contributed by atoms with Crippen molar-refractivity contribution in [3.8, 4) is 0 Å². The smallest absolute Gasteiger partial charge is 0.161 e. The van der Waals surface area contributed by atoms with Crippen LogP contribution in [0.2, 0.25) is 0 Å². The van der Waals surface area contributed by atoms with Gasteiger partial charge in [-0.05, 0) is 57.4 Å². The van der Waals surface area contributed by atoms with E-state index in [2.05, 4.69) is 10.2 Å². The Kier molecular flexibility index (Phi) is 3.66. The molecule has 0 spiro atoms. The number of ketones is 1. The van der Waals surface area contributed by atoms with Gasteiger partial charge in [0.05, 0.1) is 0 Å². The number of nitrogen functional groups attached to an aromatic ring is 1. The SMILES string of the molecule is CC(=O)c1ccc(NC2CCN3CCCC3C2)cc1N. The molecule has 0 aromatic heterocycles. The molecule has 1 aromatic carbocycles. The van der Waals surface area contributed by atoms with Gasteiger partial charge in [0.25, 0.3) is 0 Å². The predicted octanol–water partition coefficient (Wildman–Crippen LogP) is 2.51. The molecule has 20 heavy (non-hydrogen) atoms. The second kappa shape index (κ2) is 5.44. The molecule has 2 unspecified atom stereocenters. The van der Waals surface area contributed by atoms with Crippen LogP contribution in [0.1, 0.15) is 43.0 Å². The molecule has 4 heteroatoms. The van der Waals surface area contributed by atoms with E-state index in [1.165, 1.54) is 38.8 Å². The number of nitrogens with zero attached hydrogens (tertiary/aromatic N) is 1. The Hall–Kier alpha value is -1.55. The Bertz CT molecular complexity index is 514. The van der Waals surface area contributed by atoms with Crippen LogP contribution in [0.4, 0.5) is 11.4 Å². The van der Waals surface area contributed by atoms with Crippen molar-refractivity contribution < 1.29 is 4.79 Å². The number of anilines is 2. The Morgan fingerprint density at radius 3 is 2.95 bits per heavy atom. The van der Waals surface area contributed by atoms with Crippen LogP contribution in [0.5, 0.6) is 0 Å². The van der Waals surface area contributed by atoms with Gasteiger partial charge in [0.15, 0.2) is 5.78 Å². The first-order valence-corrected chi connectivity index (χ1v) is 7.54. The van der Waals surface area contributed by atoms with Crippen LogP contribution in [0.25, 0.3) is 0 Å². The van der Waals surface area contributed by atoms with E-state index in [-0.39, 0.29) is 5.78 Å². The van der Waals surface area contributed by atoms with Crippen LogP contribution in [-0.4, -0.2) is 35.9 Å². The fourth-order valence-electron chi connectivity index (χ4n) is 3.56. The molecule has 0 bridgehead atoms. The number of hydrogen-bond acceptors (Lipinski definition) is 4. The molecule has 2 heterocycles. The van der Waals surface area contributed by atoms with E-state index in [1.54, 1.807) is 6.92 Å². The van der Waals surface area contributed by atoms with Gasteiger partial charge < -0.3 is 16.0 Å². The third kappa shape index (κ3) is 2.66. The zero-order chi connectivity index (χ0) is 14.1. The fraction of sp³-hybridized carbons (Fsp3) is 0.562. The van der Waals surface area contributed by atoms with Gasteiger partial charge >= 0.3 is 0 Å². The number of hydrogen-bond donors (Lipinski definition) is 2. The average molecular weight is 273 g/mol. The molecular weight excluding hydrogens is 250 g/mol. The first-order valence-electron chi connectivity index (χ1n) is 7.54. The monoisotopic (exact) mass is 273 g/mol. The van der Waals surface area contributed by atoms with Crippen molar-refractivity contribution in [3.05, 3.63) is 23.8 Å². The van der Waals surface area contributed by atoms with Crippen molar-refractivity contribution in [3.63, 3.8) is 0 Å². The maximum Gasteiger partial charge on any atom is 0.161 e. The van der Waals surface area contributed by atoms with Gasteiger partial charge in [-0.15, -0.1) is 0 Å². The average Bonchev–Trinajstić information content (AvgIpc) is 2.85. The molecule has 0 aliphatic carbocycles. The Morgan fingerprint density at radius 1 is 1.35 bits per heavy atom. The number of nitrogens with two attached hydrogens (primary N) is 1. The van der Waals surface area contributed by atoms with E-state index in [0.717, 1.165) is 11.7 Å². The van der Waals surface area contributed by atoms with Crippen molar-refractivity contribution >= 4 is 17.2 Å². The van der Waals surface area contributed by atoms with Crippen molar-refractivity contribution in [2.75, 3.05) is 24.1 Å². The summed E-state index contributed by atoms with van der Waals surface area (Å²) in [5, 5.41) is 3.58. The summed E-state index contributed by atoms with van der Waals surface area (Å²) >= 11 is 0. The van der Waals surface area contributed by atoms with Gasteiger partial charge in [0.2, 0.25) is 0 Å². The number of rotatable bonds is 3. The maximum absolute atomic E-state index is 11.4. The molecule has 3 N–H and O–H groups in total. The molecule has 1 aromatic rings. The molecule has 2 aliphatic rings. The van der Waals surface area contributed by atoms with Crippen LogP contribution in [0.3, 0.4) is 0 Å². The van der Waals surface area contributed by atoms with Gasteiger partial charge in [0.1, 0.15) is 0 Å². The van der Waals surface area contributed by atoms with Crippen LogP contribution in [-0.2, 0) is 0 Å². The number of benzene rings is 1. The van der Waals surface area contributed by atoms with E-state index < -0.39 is 0 Å². The summed E-state index contributed by atoms with van der Waals surface area (Å²) in [5.41, 5.74) is 8.16. The summed E-state index contributed by atoms with van der Waals surface area (Å²) in [7, 11) is 0. The fourth-order valence-corrected chi connectivity index (χ4v) is 3.56. The molecule has 2 aliphatic heterocycles. The number of carbonyl (C=O) groups is 1. The number of fused-ring (bicyclic) bond motifs is 1. The molecule has 2 saturated heterocycles. The van der Waals surface area contributed by atoms with E-state index in [0.29, 0.717) is 17.3 Å². The Labute approximate surface area is 120 Å². The highest BCUT2D eigenvalue weighted by atomic mass is 16.1. The van der Waals surface area contributed by atoms with E-state index in [1.807, 2.05) is 18.2 Å². The normalized spacial score (nSPS) is 26.2. The summed E-state index contributed by atoms with van der Waals surface area (Å²) in [6.45, 7) is 4.02. The molecule has 0 amide bonds. The lowest BCUT2D eigenvalue weighted by molar-refractivity contribution is 0.101. The topological polar surface area (TPSA) is 58.4 Å². The van der Waals surface area contributed by atoms with Gasteiger partial charge in [-0.1, -0.05) is 0 Å². The molecule has 0 radical (unpaired) electrons. The first kappa shape index (κ1) is 13.4. The van der Waals surface area contributed by atoms with E-state index in [9.17, 15) is 4.79 Å². The summed E-state index contributed by atoms with van der Waals surface area (Å²) in [5.74, 6) is 0.0216. The molecule has 2 atom stereocenters. The second-order valence-corrected chi connectivity index (χ2v) is 6.06. The predicted molar refractivity (Wildman–Crippen MR) is 82.1 cm³/mol. The minimum atomic E-state index is 0.0216. The summed E-state index contributed by atoms with van der Waals surface area (Å²) in [6, 6.07) is 6.96. The number of Topliss-reactive ketones (excluding diaryl/α,β-unsaturated/α-hetero) is 1. The highest BCUT2D eigenvalue weighted by Gasteiger charge is 2.31. The summed E-state index contributed by atoms with van der Waals surface area (Å²) in [6.07, 6.45) is 5.08. The minimum Gasteiger partial charge on any atom is -0.398 e. The minimum absolute atomic E-state index is 0.0216. The van der Waals surface area contributed by atoms with Crippen molar-refractivity contribution in [2.24, 2.45) is 0 Å². The largest absolute Gasteiger partial charge is 0.398 e. The summed E-state index contributed by atoms with van der Waals surface area (Å²) < 4.78 is 0. The van der Waals surface area contributed by atoms with Gasteiger partial charge in [-0.25, -0.2) is 0 Å². The van der Waals surface area contributed by atoms with Crippen LogP contribution in [0.15, 0.2) is 18.2 Å². The highest BCUT2D eigenvalue weighted by molar-refractivity contribution is 5.99. The van der Waals surface area contributed by atoms with Crippen molar-refractivity contribution in [1.29, 1.82) is 0 Å². The van der Waals surface area contributed by atoms with Gasteiger partial charge in [0, 0.05) is 35.6 Å². The third-order valence-electron chi connectivity index (χ3n) is 4.62. The number of carbonyl (C=O) groups excluding carboxylic acids is 1. The highest BCUT2D eigenvalue weighted by Crippen LogP contribution is 2.29. The molecule has 108 valence electrons.